The third-order valence-electron chi connectivity index (χ3n) is 2.58. The molecule has 2 rings (SSSR count). The van der Waals surface area contributed by atoms with E-state index in [1.54, 1.807) is 0 Å². The van der Waals surface area contributed by atoms with Crippen molar-refractivity contribution in [1.29, 1.82) is 0 Å². The second-order valence-electron chi connectivity index (χ2n) is 4.00. The molecule has 0 radical (unpaired) electrons. The number of amides is 1. The molecule has 0 saturated carbocycles. The monoisotopic (exact) mass is 301 g/mol. The standard InChI is InChI=1S/C13H7F4NO3/c14-7-3-5(1-2-9(7)19)18-13(21)6-4-8(15)11(17)12(20)10(6)16/h1-4,19-20H,(H,18,21). The van der Waals surface area contributed by atoms with E-state index in [9.17, 15) is 22.4 Å². The lowest BCUT2D eigenvalue weighted by molar-refractivity contribution is 0.102. The van der Waals surface area contributed by atoms with Gasteiger partial charge in [0.05, 0.1) is 5.56 Å². The van der Waals surface area contributed by atoms with Gasteiger partial charge in [0.25, 0.3) is 5.91 Å². The normalized spacial score (nSPS) is 10.5. The number of carbonyl (C=O) groups is 1. The fraction of sp³-hybridized carbons (Fsp3) is 0. The predicted molar refractivity (Wildman–Crippen MR) is 64.0 cm³/mol. The van der Waals surface area contributed by atoms with E-state index >= 15 is 0 Å². The largest absolute Gasteiger partial charge is 0.505 e. The number of halogens is 4. The van der Waals surface area contributed by atoms with Crippen molar-refractivity contribution in [2.24, 2.45) is 0 Å². The molecule has 0 aliphatic heterocycles. The van der Waals surface area contributed by atoms with Crippen LogP contribution in [0.2, 0.25) is 0 Å². The van der Waals surface area contributed by atoms with Crippen LogP contribution >= 0.6 is 0 Å². The fourth-order valence-corrected chi connectivity index (χ4v) is 1.54. The lowest BCUT2D eigenvalue weighted by Crippen LogP contribution is -2.15. The molecule has 0 spiro atoms. The van der Waals surface area contributed by atoms with Crippen LogP contribution in [0, 0.1) is 23.3 Å². The van der Waals surface area contributed by atoms with Crippen LogP contribution in [-0.2, 0) is 0 Å². The van der Waals surface area contributed by atoms with Gasteiger partial charge in [-0.15, -0.1) is 0 Å². The molecule has 21 heavy (non-hydrogen) atoms. The van der Waals surface area contributed by atoms with E-state index in [0.717, 1.165) is 18.2 Å². The van der Waals surface area contributed by atoms with Crippen molar-refractivity contribution in [3.8, 4) is 11.5 Å². The molecule has 0 aliphatic rings. The van der Waals surface area contributed by atoms with Gasteiger partial charge >= 0.3 is 0 Å². The van der Waals surface area contributed by atoms with Crippen LogP contribution < -0.4 is 5.32 Å². The third kappa shape index (κ3) is 2.73. The highest BCUT2D eigenvalue weighted by atomic mass is 19.2. The zero-order chi connectivity index (χ0) is 15.7. The Kier molecular flexibility index (Phi) is 3.70. The van der Waals surface area contributed by atoms with Crippen molar-refractivity contribution in [2.75, 3.05) is 5.32 Å². The van der Waals surface area contributed by atoms with Crippen molar-refractivity contribution >= 4 is 11.6 Å². The maximum absolute atomic E-state index is 13.5. The summed E-state index contributed by atoms with van der Waals surface area (Å²) >= 11 is 0. The topological polar surface area (TPSA) is 69.6 Å². The molecule has 3 N–H and O–H groups in total. The molecule has 0 bridgehead atoms. The first-order chi connectivity index (χ1) is 9.81. The van der Waals surface area contributed by atoms with Gasteiger partial charge in [0.2, 0.25) is 5.82 Å². The number of rotatable bonds is 2. The minimum Gasteiger partial charge on any atom is -0.505 e. The summed E-state index contributed by atoms with van der Waals surface area (Å²) in [6, 6.07) is 3.04. The van der Waals surface area contributed by atoms with Crippen molar-refractivity contribution in [3.05, 3.63) is 53.1 Å². The minimum absolute atomic E-state index is 0.154. The second kappa shape index (κ2) is 5.31. The Labute approximate surface area is 115 Å². The summed E-state index contributed by atoms with van der Waals surface area (Å²) in [4.78, 5) is 11.7. The van der Waals surface area contributed by atoms with E-state index in [1.165, 1.54) is 0 Å². The van der Waals surface area contributed by atoms with Crippen molar-refractivity contribution in [1.82, 2.24) is 0 Å². The Morgan fingerprint density at radius 1 is 0.952 bits per heavy atom. The summed E-state index contributed by atoms with van der Waals surface area (Å²) in [7, 11) is 0. The smallest absolute Gasteiger partial charge is 0.258 e. The molecule has 8 heteroatoms. The average Bonchev–Trinajstić information content (AvgIpc) is 2.44. The Bertz CT molecular complexity index is 734. The number of phenols is 2. The Balaban J connectivity index is 2.35. The minimum atomic E-state index is -1.82. The van der Waals surface area contributed by atoms with Gasteiger partial charge in [-0.3, -0.25) is 4.79 Å². The molecular formula is C13H7F4NO3. The maximum atomic E-state index is 13.5. The first-order valence-electron chi connectivity index (χ1n) is 5.47. The summed E-state index contributed by atoms with van der Waals surface area (Å²) < 4.78 is 52.5. The Morgan fingerprint density at radius 3 is 2.24 bits per heavy atom. The zero-order valence-electron chi connectivity index (χ0n) is 10.1. The summed E-state index contributed by atoms with van der Waals surface area (Å²) in [5.74, 6) is -9.64. The second-order valence-corrected chi connectivity index (χ2v) is 4.00. The molecule has 110 valence electrons. The van der Waals surface area contributed by atoms with Gasteiger partial charge < -0.3 is 15.5 Å². The summed E-state index contributed by atoms with van der Waals surface area (Å²) in [6.07, 6.45) is 0. The number of hydrogen-bond donors (Lipinski definition) is 3. The van der Waals surface area contributed by atoms with Crippen molar-refractivity contribution < 1.29 is 32.6 Å². The van der Waals surface area contributed by atoms with E-state index in [-0.39, 0.29) is 11.8 Å². The van der Waals surface area contributed by atoms with E-state index in [4.69, 9.17) is 10.2 Å². The molecule has 2 aromatic rings. The number of nitrogens with one attached hydrogen (secondary N) is 1. The van der Waals surface area contributed by atoms with Gasteiger partial charge in [-0.05, 0) is 18.2 Å². The van der Waals surface area contributed by atoms with Crippen LogP contribution in [0.1, 0.15) is 10.4 Å². The molecule has 0 unspecified atom stereocenters. The molecule has 0 atom stereocenters. The predicted octanol–water partition coefficient (Wildman–Crippen LogP) is 2.91. The van der Waals surface area contributed by atoms with Gasteiger partial charge in [0, 0.05) is 11.8 Å². The van der Waals surface area contributed by atoms with Crippen LogP contribution in [0.25, 0.3) is 0 Å². The van der Waals surface area contributed by atoms with Gasteiger partial charge in [0.1, 0.15) is 0 Å². The average molecular weight is 301 g/mol. The number of anilines is 1. The molecule has 2 aromatic carbocycles. The van der Waals surface area contributed by atoms with E-state index in [1.807, 2.05) is 5.32 Å². The van der Waals surface area contributed by atoms with Gasteiger partial charge in [-0.1, -0.05) is 0 Å². The molecule has 0 heterocycles. The van der Waals surface area contributed by atoms with Crippen LogP contribution in [0.3, 0.4) is 0 Å². The lowest BCUT2D eigenvalue weighted by Gasteiger charge is -2.08. The summed E-state index contributed by atoms with van der Waals surface area (Å²) in [6.45, 7) is 0. The molecule has 0 fully saturated rings. The Morgan fingerprint density at radius 2 is 1.62 bits per heavy atom. The van der Waals surface area contributed by atoms with Crippen molar-refractivity contribution in [2.45, 2.75) is 0 Å². The highest BCUT2D eigenvalue weighted by molar-refractivity contribution is 6.04. The Hall–Kier alpha value is -2.77. The van der Waals surface area contributed by atoms with Crippen LogP contribution in [0.15, 0.2) is 24.3 Å². The quantitative estimate of drug-likeness (QED) is 0.454. The molecular weight excluding hydrogens is 294 g/mol. The highest BCUT2D eigenvalue weighted by Crippen LogP contribution is 2.27. The first-order valence-corrected chi connectivity index (χ1v) is 5.47. The van der Waals surface area contributed by atoms with E-state index < -0.39 is 46.2 Å². The fourth-order valence-electron chi connectivity index (χ4n) is 1.54. The van der Waals surface area contributed by atoms with Crippen molar-refractivity contribution in [3.63, 3.8) is 0 Å². The van der Waals surface area contributed by atoms with Gasteiger partial charge in [-0.25, -0.2) is 13.2 Å². The third-order valence-corrected chi connectivity index (χ3v) is 2.58. The first kappa shape index (κ1) is 14.6. The number of carbonyl (C=O) groups excluding carboxylic acids is 1. The zero-order valence-corrected chi connectivity index (χ0v) is 10.1. The van der Waals surface area contributed by atoms with E-state index in [0.29, 0.717) is 0 Å². The molecule has 0 aliphatic carbocycles. The molecule has 1 amide bonds. The van der Waals surface area contributed by atoms with Gasteiger partial charge in [0.15, 0.2) is 29.0 Å². The summed E-state index contributed by atoms with van der Waals surface area (Å²) in [5, 5.41) is 20.0. The number of aromatic hydroxyl groups is 2. The van der Waals surface area contributed by atoms with Crippen LogP contribution in [0.4, 0.5) is 23.2 Å². The highest BCUT2D eigenvalue weighted by Gasteiger charge is 2.22. The molecule has 0 aromatic heterocycles. The molecule has 0 saturated heterocycles. The van der Waals surface area contributed by atoms with Gasteiger partial charge in [-0.2, -0.15) is 4.39 Å². The lowest BCUT2D eigenvalue weighted by atomic mass is 10.1. The van der Waals surface area contributed by atoms with E-state index in [2.05, 4.69) is 0 Å². The van der Waals surface area contributed by atoms with Crippen LogP contribution in [0.5, 0.6) is 11.5 Å². The van der Waals surface area contributed by atoms with Crippen LogP contribution in [-0.4, -0.2) is 16.1 Å². The number of hydrogen-bond acceptors (Lipinski definition) is 3. The summed E-state index contributed by atoms with van der Waals surface area (Å²) in [5.41, 5.74) is -1.11. The number of benzene rings is 2. The SMILES string of the molecule is O=C(Nc1ccc(O)c(F)c1)c1cc(F)c(F)c(O)c1F. The maximum Gasteiger partial charge on any atom is 0.258 e. The number of phenolic OH excluding ortho intramolecular Hbond substituents is 2. The molecule has 4 nitrogen and oxygen atoms in total.